The Morgan fingerprint density at radius 3 is 2.87 bits per heavy atom. The first-order valence-corrected chi connectivity index (χ1v) is 10.5. The quantitative estimate of drug-likeness (QED) is 0.659. The van der Waals surface area contributed by atoms with E-state index in [1.165, 1.54) is 22.4 Å². The molecule has 0 radical (unpaired) electrons. The topological polar surface area (TPSA) is 81.0 Å². The van der Waals surface area contributed by atoms with Gasteiger partial charge in [-0.25, -0.2) is 14.2 Å². The lowest BCUT2D eigenvalue weighted by atomic mass is 10.1. The Labute approximate surface area is 179 Å². The highest BCUT2D eigenvalue weighted by Gasteiger charge is 2.18. The second-order valence-corrected chi connectivity index (χ2v) is 7.86. The predicted octanol–water partition coefficient (Wildman–Crippen LogP) is 3.51. The van der Waals surface area contributed by atoms with Crippen LogP contribution in [0.3, 0.4) is 0 Å². The largest absolute Gasteiger partial charge is 0.332 e. The Kier molecular flexibility index (Phi) is 5.88. The van der Waals surface area contributed by atoms with Crippen molar-refractivity contribution in [3.63, 3.8) is 0 Å². The summed E-state index contributed by atoms with van der Waals surface area (Å²) in [6, 6.07) is 7.48. The van der Waals surface area contributed by atoms with Crippen LogP contribution in [-0.4, -0.2) is 20.1 Å². The minimum atomic E-state index is -0.481. The second-order valence-electron chi connectivity index (χ2n) is 7.86. The van der Waals surface area contributed by atoms with Crippen LogP contribution in [0.2, 0.25) is 0 Å². The van der Waals surface area contributed by atoms with Gasteiger partial charge < -0.3 is 19.8 Å². The van der Waals surface area contributed by atoms with Crippen LogP contribution in [0.4, 0.5) is 14.9 Å². The number of hydrogen-bond donors (Lipinski definition) is 2. The smallest absolute Gasteiger partial charge is 0.319 e. The number of halogens is 1. The second kappa shape index (κ2) is 8.75. The molecule has 162 valence electrons. The van der Waals surface area contributed by atoms with E-state index in [0.29, 0.717) is 17.8 Å². The molecular weight excluding hydrogens is 397 g/mol. The van der Waals surface area contributed by atoms with E-state index < -0.39 is 11.8 Å². The van der Waals surface area contributed by atoms with Crippen LogP contribution in [0.25, 0.3) is 0 Å². The van der Waals surface area contributed by atoms with Crippen molar-refractivity contribution in [1.82, 2.24) is 19.4 Å². The monoisotopic (exact) mass is 423 g/mol. The van der Waals surface area contributed by atoms with Gasteiger partial charge in [0.2, 0.25) is 0 Å². The van der Waals surface area contributed by atoms with Crippen LogP contribution in [0.1, 0.15) is 41.2 Å². The summed E-state index contributed by atoms with van der Waals surface area (Å²) in [6.45, 7) is 4.98. The fourth-order valence-electron chi connectivity index (χ4n) is 4.07. The van der Waals surface area contributed by atoms with E-state index >= 15 is 0 Å². The summed E-state index contributed by atoms with van der Waals surface area (Å²) in [5, 5.41) is 5.55. The van der Waals surface area contributed by atoms with Gasteiger partial charge in [-0.05, 0) is 51.3 Å². The number of carbonyl (C=O) groups excluding carboxylic acids is 1. The molecule has 7 nitrogen and oxygen atoms in total. The van der Waals surface area contributed by atoms with Gasteiger partial charge in [0, 0.05) is 29.6 Å². The highest BCUT2D eigenvalue weighted by molar-refractivity contribution is 5.90. The van der Waals surface area contributed by atoms with Crippen LogP contribution in [0.5, 0.6) is 0 Å². The number of imidazole rings is 1. The first-order chi connectivity index (χ1) is 14.9. The van der Waals surface area contributed by atoms with Crippen LogP contribution >= 0.6 is 0 Å². The molecule has 0 bridgehead atoms. The summed E-state index contributed by atoms with van der Waals surface area (Å²) in [5.41, 5.74) is 3.01. The SMILES string of the molecule is Cc1cccn(Cc2c(F)cccc2NC(=O)NCc2nc(C)n3c2CCCC3)c1=O. The third-order valence-electron chi connectivity index (χ3n) is 5.71. The molecule has 0 fully saturated rings. The first-order valence-electron chi connectivity index (χ1n) is 10.5. The molecule has 2 amide bonds. The molecule has 1 aliphatic rings. The molecular formula is C23H26FN5O2. The molecule has 0 saturated carbocycles. The van der Waals surface area contributed by atoms with Crippen molar-refractivity contribution in [3.8, 4) is 0 Å². The molecule has 1 aromatic carbocycles. The van der Waals surface area contributed by atoms with Gasteiger partial charge in [-0.1, -0.05) is 12.1 Å². The fourth-order valence-corrected chi connectivity index (χ4v) is 4.07. The highest BCUT2D eigenvalue weighted by atomic mass is 19.1. The summed E-state index contributed by atoms with van der Waals surface area (Å²) in [5.74, 6) is 0.480. The van der Waals surface area contributed by atoms with E-state index in [4.69, 9.17) is 0 Å². The van der Waals surface area contributed by atoms with E-state index in [-0.39, 0.29) is 17.7 Å². The van der Waals surface area contributed by atoms with Gasteiger partial charge in [0.1, 0.15) is 11.6 Å². The number of fused-ring (bicyclic) bond motifs is 1. The third kappa shape index (κ3) is 4.38. The Morgan fingerprint density at radius 1 is 1.19 bits per heavy atom. The zero-order valence-corrected chi connectivity index (χ0v) is 17.7. The van der Waals surface area contributed by atoms with E-state index in [0.717, 1.165) is 37.3 Å². The number of hydrogen-bond acceptors (Lipinski definition) is 3. The molecule has 2 N–H and O–H groups in total. The molecule has 3 aromatic rings. The number of aromatic nitrogens is 3. The number of amides is 2. The zero-order valence-electron chi connectivity index (χ0n) is 17.7. The van der Waals surface area contributed by atoms with Crippen molar-refractivity contribution >= 4 is 11.7 Å². The highest BCUT2D eigenvalue weighted by Crippen LogP contribution is 2.22. The number of aryl methyl sites for hydroxylation is 2. The molecule has 0 spiro atoms. The average molecular weight is 423 g/mol. The maximum Gasteiger partial charge on any atom is 0.319 e. The molecule has 4 rings (SSSR count). The third-order valence-corrected chi connectivity index (χ3v) is 5.71. The molecule has 2 aromatic heterocycles. The molecule has 31 heavy (non-hydrogen) atoms. The Morgan fingerprint density at radius 2 is 2.03 bits per heavy atom. The summed E-state index contributed by atoms with van der Waals surface area (Å²) in [4.78, 5) is 29.5. The van der Waals surface area contributed by atoms with Gasteiger partial charge in [0.25, 0.3) is 5.56 Å². The number of anilines is 1. The molecule has 3 heterocycles. The Hall–Kier alpha value is -3.42. The van der Waals surface area contributed by atoms with Crippen LogP contribution < -0.4 is 16.2 Å². The van der Waals surface area contributed by atoms with Crippen molar-refractivity contribution < 1.29 is 9.18 Å². The molecule has 0 unspecified atom stereocenters. The minimum Gasteiger partial charge on any atom is -0.332 e. The first kappa shape index (κ1) is 20.8. The number of rotatable bonds is 5. The van der Waals surface area contributed by atoms with Gasteiger partial charge in [-0.2, -0.15) is 0 Å². The van der Waals surface area contributed by atoms with E-state index in [9.17, 15) is 14.0 Å². The van der Waals surface area contributed by atoms with E-state index in [2.05, 4.69) is 20.2 Å². The number of nitrogens with zero attached hydrogens (tertiary/aromatic N) is 3. The van der Waals surface area contributed by atoms with Gasteiger partial charge in [-0.15, -0.1) is 0 Å². The number of carbonyl (C=O) groups is 1. The van der Waals surface area contributed by atoms with Gasteiger partial charge >= 0.3 is 6.03 Å². The summed E-state index contributed by atoms with van der Waals surface area (Å²) < 4.78 is 18.2. The molecule has 0 saturated heterocycles. The predicted molar refractivity (Wildman–Crippen MR) is 117 cm³/mol. The zero-order chi connectivity index (χ0) is 22.0. The van der Waals surface area contributed by atoms with Crippen LogP contribution in [0, 0.1) is 19.7 Å². The van der Waals surface area contributed by atoms with E-state index in [1.807, 2.05) is 6.92 Å². The lowest BCUT2D eigenvalue weighted by Crippen LogP contribution is -2.30. The number of urea groups is 1. The van der Waals surface area contributed by atoms with Crippen molar-refractivity contribution in [3.05, 3.63) is 81.0 Å². The number of benzene rings is 1. The number of pyridine rings is 1. The van der Waals surface area contributed by atoms with Crippen molar-refractivity contribution in [2.75, 3.05) is 5.32 Å². The summed E-state index contributed by atoms with van der Waals surface area (Å²) in [6.07, 6.45) is 4.83. The average Bonchev–Trinajstić information content (AvgIpc) is 3.08. The standard InChI is InChI=1S/C23H26FN5O2/c1-15-7-6-11-28(22(15)30)14-17-18(24)8-5-9-19(17)27-23(31)25-13-20-21-10-3-4-12-29(21)16(2)26-20/h5-9,11H,3-4,10,12-14H2,1-2H3,(H2,25,27,31). The van der Waals surface area contributed by atoms with Gasteiger partial charge in [0.15, 0.2) is 0 Å². The molecule has 8 heteroatoms. The Bertz CT molecular complexity index is 1180. The number of nitrogens with one attached hydrogen (secondary N) is 2. The summed E-state index contributed by atoms with van der Waals surface area (Å²) in [7, 11) is 0. The molecule has 0 aliphatic carbocycles. The van der Waals surface area contributed by atoms with Crippen molar-refractivity contribution in [2.24, 2.45) is 0 Å². The fraction of sp³-hybridized carbons (Fsp3) is 0.348. The van der Waals surface area contributed by atoms with Gasteiger partial charge in [0.05, 0.1) is 24.5 Å². The van der Waals surface area contributed by atoms with Crippen molar-refractivity contribution in [2.45, 2.75) is 52.7 Å². The maximum absolute atomic E-state index is 14.6. The Balaban J connectivity index is 1.48. The lowest BCUT2D eigenvalue weighted by molar-refractivity contribution is 0.251. The lowest BCUT2D eigenvalue weighted by Gasteiger charge is -2.17. The maximum atomic E-state index is 14.6. The molecule has 0 atom stereocenters. The summed E-state index contributed by atoms with van der Waals surface area (Å²) >= 11 is 0. The van der Waals surface area contributed by atoms with Crippen molar-refractivity contribution in [1.29, 1.82) is 0 Å². The minimum absolute atomic E-state index is 0.0244. The molecule has 1 aliphatic heterocycles. The van der Waals surface area contributed by atoms with E-state index in [1.54, 1.807) is 31.3 Å². The normalized spacial score (nSPS) is 13.0. The van der Waals surface area contributed by atoms with Crippen LogP contribution in [0.15, 0.2) is 41.3 Å². The van der Waals surface area contributed by atoms with Gasteiger partial charge in [-0.3, -0.25) is 4.79 Å². The van der Waals surface area contributed by atoms with Crippen LogP contribution in [-0.2, 0) is 26.1 Å².